The number of aliphatic carboxylic acids is 1. The van der Waals surface area contributed by atoms with Gasteiger partial charge in [-0.05, 0) is 51.1 Å². The second kappa shape index (κ2) is 10.1. The molecule has 1 amide bonds. The van der Waals surface area contributed by atoms with E-state index in [1.807, 2.05) is 0 Å². The Morgan fingerprint density at radius 1 is 0.974 bits per heavy atom. The van der Waals surface area contributed by atoms with Gasteiger partial charge in [0.1, 0.15) is 23.6 Å². The van der Waals surface area contributed by atoms with Crippen molar-refractivity contribution in [3.8, 4) is 5.75 Å². The lowest BCUT2D eigenvalue weighted by molar-refractivity contribution is -0.308. The molecule has 0 atom stereocenters. The van der Waals surface area contributed by atoms with Gasteiger partial charge in [0.25, 0.3) is 6.10 Å². The third-order valence-electron chi connectivity index (χ3n) is 7.71. The van der Waals surface area contributed by atoms with Crippen LogP contribution in [0.1, 0.15) is 44.1 Å². The molecule has 1 spiro atoms. The largest absolute Gasteiger partial charge is 0.492 e. The molecule has 14 heteroatoms. The molecule has 1 saturated carbocycles. The molecule has 2 saturated heterocycles. The lowest BCUT2D eigenvalue weighted by Crippen LogP contribution is -2.54. The van der Waals surface area contributed by atoms with Crippen molar-refractivity contribution in [2.75, 3.05) is 26.2 Å². The van der Waals surface area contributed by atoms with Gasteiger partial charge in [0.2, 0.25) is 0 Å². The highest BCUT2D eigenvalue weighted by Gasteiger charge is 2.60. The maximum absolute atomic E-state index is 14.0. The number of benzene rings is 1. The smallest absolute Gasteiger partial charge is 0.434 e. The summed E-state index contributed by atoms with van der Waals surface area (Å²) in [6.45, 7) is 0.657. The van der Waals surface area contributed by atoms with Gasteiger partial charge in [0, 0.05) is 36.8 Å². The van der Waals surface area contributed by atoms with Gasteiger partial charge in [-0.25, -0.2) is 9.18 Å². The van der Waals surface area contributed by atoms with Crippen LogP contribution in [-0.4, -0.2) is 77.2 Å². The zero-order chi connectivity index (χ0) is 27.9. The fourth-order valence-electron chi connectivity index (χ4n) is 5.19. The third-order valence-corrected chi connectivity index (χ3v) is 7.71. The van der Waals surface area contributed by atoms with Crippen LogP contribution in [0.25, 0.3) is 0 Å². The topological polar surface area (TPSA) is 79.3 Å². The number of piperidine rings is 1. The van der Waals surface area contributed by atoms with Gasteiger partial charge >= 0.3 is 24.4 Å². The van der Waals surface area contributed by atoms with E-state index >= 15 is 0 Å². The van der Waals surface area contributed by atoms with E-state index in [4.69, 9.17) is 4.74 Å². The summed E-state index contributed by atoms with van der Waals surface area (Å²) in [5.41, 5.74) is -0.819. The quantitative estimate of drug-likeness (QED) is 0.470. The molecule has 2 heterocycles. The first-order valence-corrected chi connectivity index (χ1v) is 12.1. The molecule has 1 aromatic rings. The second-order valence-corrected chi connectivity index (χ2v) is 10.2. The number of hydrogen-bond acceptors (Lipinski definition) is 5. The van der Waals surface area contributed by atoms with Crippen molar-refractivity contribution in [1.82, 2.24) is 9.80 Å². The van der Waals surface area contributed by atoms with Crippen molar-refractivity contribution >= 4 is 12.1 Å². The Bertz CT molecular complexity index is 1040. The Morgan fingerprint density at radius 2 is 1.61 bits per heavy atom. The van der Waals surface area contributed by atoms with Crippen LogP contribution in [-0.2, 0) is 16.1 Å². The standard InChI is InChI=1S/C24H27F7N2O5/c25-16-3-2-15(17(12-16)37-14-21(5-6-21)19(34)35)13-33-9-1-4-22(33)7-10-32(11-8-22)20(36)38-18(23(26,27)28)24(29,30)31/h2-3,12,18H,1,4-11,13-14H2,(H,34,35). The molecule has 1 aromatic carbocycles. The van der Waals surface area contributed by atoms with Gasteiger partial charge in [-0.3, -0.25) is 9.69 Å². The minimum Gasteiger partial charge on any atom is -0.492 e. The fourth-order valence-corrected chi connectivity index (χ4v) is 5.19. The number of carbonyl (C=O) groups is 2. The first-order valence-electron chi connectivity index (χ1n) is 12.1. The molecule has 0 radical (unpaired) electrons. The van der Waals surface area contributed by atoms with Gasteiger partial charge in [0.05, 0.1) is 0 Å². The number of halogens is 7. The van der Waals surface area contributed by atoms with Gasteiger partial charge < -0.3 is 19.5 Å². The van der Waals surface area contributed by atoms with Crippen molar-refractivity contribution in [2.45, 2.75) is 69.1 Å². The minimum atomic E-state index is -5.79. The predicted octanol–water partition coefficient (Wildman–Crippen LogP) is 5.13. The van der Waals surface area contributed by atoms with E-state index in [0.717, 1.165) is 11.3 Å². The summed E-state index contributed by atoms with van der Waals surface area (Å²) in [4.78, 5) is 26.6. The summed E-state index contributed by atoms with van der Waals surface area (Å²) in [6, 6.07) is 3.98. The van der Waals surface area contributed by atoms with Crippen LogP contribution in [0.3, 0.4) is 0 Å². The zero-order valence-corrected chi connectivity index (χ0v) is 20.2. The molecule has 38 heavy (non-hydrogen) atoms. The summed E-state index contributed by atoms with van der Waals surface area (Å²) in [6.07, 6.45) is -14.5. The number of ether oxygens (including phenoxy) is 2. The Labute approximate surface area is 213 Å². The minimum absolute atomic E-state index is 0.0916. The molecule has 0 aromatic heterocycles. The van der Waals surface area contributed by atoms with E-state index in [0.29, 0.717) is 50.8 Å². The second-order valence-electron chi connectivity index (χ2n) is 10.2. The average Bonchev–Trinajstić information content (AvgIpc) is 3.53. The number of nitrogens with zero attached hydrogens (tertiary/aromatic N) is 2. The number of rotatable bonds is 7. The molecule has 1 N–H and O–H groups in total. The van der Waals surface area contributed by atoms with Crippen molar-refractivity contribution in [1.29, 1.82) is 0 Å². The lowest BCUT2D eigenvalue weighted by Gasteiger charge is -2.45. The lowest BCUT2D eigenvalue weighted by atomic mass is 9.85. The van der Waals surface area contributed by atoms with Crippen LogP contribution < -0.4 is 4.74 Å². The maximum Gasteiger partial charge on any atom is 0.434 e. The number of carboxylic acids is 1. The monoisotopic (exact) mass is 556 g/mol. The van der Waals surface area contributed by atoms with Crippen LogP contribution in [0.2, 0.25) is 0 Å². The fraction of sp³-hybridized carbons (Fsp3) is 0.667. The highest BCUT2D eigenvalue weighted by atomic mass is 19.4. The highest BCUT2D eigenvalue weighted by molar-refractivity contribution is 5.78. The maximum atomic E-state index is 14.0. The van der Waals surface area contributed by atoms with Crippen LogP contribution in [0.15, 0.2) is 18.2 Å². The Hall–Kier alpha value is -2.77. The number of likely N-dealkylation sites (tertiary alicyclic amines) is 2. The van der Waals surface area contributed by atoms with Crippen LogP contribution >= 0.6 is 0 Å². The number of carboxylic acid groups (broad SMARTS) is 1. The van der Waals surface area contributed by atoms with Gasteiger partial charge in [-0.2, -0.15) is 26.3 Å². The van der Waals surface area contributed by atoms with E-state index < -0.39 is 47.3 Å². The average molecular weight is 556 g/mol. The van der Waals surface area contributed by atoms with Crippen LogP contribution in [0.5, 0.6) is 5.75 Å². The van der Waals surface area contributed by atoms with Gasteiger partial charge in [-0.1, -0.05) is 6.07 Å². The SMILES string of the molecule is O=C(OC(C(F)(F)F)C(F)(F)F)N1CCC2(CCCN2Cc2ccc(F)cc2OCC2(C(=O)O)CC2)CC1. The van der Waals surface area contributed by atoms with Crippen LogP contribution in [0, 0.1) is 11.2 Å². The number of alkyl halides is 6. The molecular formula is C24H27F7N2O5. The molecule has 3 fully saturated rings. The molecule has 7 nitrogen and oxygen atoms in total. The Morgan fingerprint density at radius 3 is 2.16 bits per heavy atom. The van der Waals surface area contributed by atoms with E-state index in [2.05, 4.69) is 9.64 Å². The highest BCUT2D eigenvalue weighted by Crippen LogP contribution is 2.47. The van der Waals surface area contributed by atoms with E-state index in [-0.39, 0.29) is 25.4 Å². The van der Waals surface area contributed by atoms with Crippen LogP contribution in [0.4, 0.5) is 35.5 Å². The zero-order valence-electron chi connectivity index (χ0n) is 20.2. The predicted molar refractivity (Wildman–Crippen MR) is 117 cm³/mol. The molecule has 1 aliphatic carbocycles. The third kappa shape index (κ3) is 5.94. The summed E-state index contributed by atoms with van der Waals surface area (Å²) in [5.74, 6) is -1.31. The normalized spacial score (nSPS) is 21.1. The molecule has 212 valence electrons. The van der Waals surface area contributed by atoms with E-state index in [9.17, 15) is 45.4 Å². The number of carbonyl (C=O) groups excluding carboxylic acids is 1. The molecule has 3 aliphatic rings. The number of hydrogen-bond donors (Lipinski definition) is 1. The van der Waals surface area contributed by atoms with Crippen molar-refractivity contribution in [3.05, 3.63) is 29.6 Å². The molecular weight excluding hydrogens is 529 g/mol. The van der Waals surface area contributed by atoms with Gasteiger partial charge in [0.15, 0.2) is 0 Å². The summed E-state index contributed by atoms with van der Waals surface area (Å²) >= 11 is 0. The number of amides is 1. The van der Waals surface area contributed by atoms with Crippen molar-refractivity contribution < 1.29 is 54.9 Å². The van der Waals surface area contributed by atoms with Crippen molar-refractivity contribution in [2.24, 2.45) is 5.41 Å². The summed E-state index contributed by atoms with van der Waals surface area (Å²) < 4.78 is 100. The first-order chi connectivity index (χ1) is 17.7. The first kappa shape index (κ1) is 28.2. The van der Waals surface area contributed by atoms with E-state index in [1.54, 1.807) is 0 Å². The van der Waals surface area contributed by atoms with Gasteiger partial charge in [-0.15, -0.1) is 0 Å². The Balaban J connectivity index is 1.40. The summed E-state index contributed by atoms with van der Waals surface area (Å²) in [5, 5.41) is 9.38. The molecule has 2 aliphatic heterocycles. The molecule has 0 unspecified atom stereocenters. The summed E-state index contributed by atoms with van der Waals surface area (Å²) in [7, 11) is 0. The van der Waals surface area contributed by atoms with Crippen molar-refractivity contribution in [3.63, 3.8) is 0 Å². The Kier molecular flexibility index (Phi) is 7.49. The van der Waals surface area contributed by atoms with E-state index in [1.165, 1.54) is 18.2 Å². The molecule has 0 bridgehead atoms. The molecule has 4 rings (SSSR count).